The van der Waals surface area contributed by atoms with Crippen LogP contribution in [0.25, 0.3) is 27.3 Å². The van der Waals surface area contributed by atoms with Gasteiger partial charge in [-0.05, 0) is 73.8 Å². The van der Waals surface area contributed by atoms with Crippen LogP contribution in [-0.4, -0.2) is 5.54 Å². The Kier molecular flexibility index (Phi) is 4.15. The molecule has 2 heterocycles. The van der Waals surface area contributed by atoms with Crippen LogP contribution in [0.4, 0.5) is 10.1 Å². The molecule has 30 heavy (non-hydrogen) atoms. The second kappa shape index (κ2) is 6.44. The Morgan fingerprint density at radius 2 is 1.83 bits per heavy atom. The molecule has 1 aromatic heterocycles. The summed E-state index contributed by atoms with van der Waals surface area (Å²) in [6.45, 7) is 9.07. The van der Waals surface area contributed by atoms with Crippen LogP contribution in [0.15, 0.2) is 45.6 Å². The van der Waals surface area contributed by atoms with Crippen LogP contribution in [0.1, 0.15) is 58.9 Å². The van der Waals surface area contributed by atoms with Gasteiger partial charge >= 0.3 is 5.63 Å². The number of halogens is 1. The molecule has 3 nitrogen and oxygen atoms in total. The van der Waals surface area contributed by atoms with Crippen molar-refractivity contribution in [1.29, 1.82) is 0 Å². The lowest BCUT2D eigenvalue weighted by Gasteiger charge is -2.46. The Labute approximate surface area is 176 Å². The van der Waals surface area contributed by atoms with Crippen LogP contribution in [0.3, 0.4) is 0 Å². The first-order chi connectivity index (χ1) is 14.2. The second-order valence-corrected chi connectivity index (χ2v) is 10.2. The summed E-state index contributed by atoms with van der Waals surface area (Å²) < 4.78 is 19.4. The quantitative estimate of drug-likeness (QED) is 0.327. The summed E-state index contributed by atoms with van der Waals surface area (Å²) in [5.41, 5.74) is 3.26. The van der Waals surface area contributed by atoms with E-state index in [1.165, 1.54) is 31.0 Å². The average molecular weight is 406 g/mol. The van der Waals surface area contributed by atoms with Gasteiger partial charge < -0.3 is 9.73 Å². The molecule has 1 saturated carbocycles. The van der Waals surface area contributed by atoms with Crippen LogP contribution in [-0.2, 0) is 0 Å². The summed E-state index contributed by atoms with van der Waals surface area (Å²) in [6.07, 6.45) is 6.86. The fraction of sp³-hybridized carbons (Fsp3) is 0.423. The van der Waals surface area contributed by atoms with Crippen molar-refractivity contribution in [2.75, 3.05) is 5.32 Å². The van der Waals surface area contributed by atoms with Crippen LogP contribution in [0, 0.1) is 17.2 Å². The van der Waals surface area contributed by atoms with Crippen LogP contribution < -0.4 is 10.9 Å². The number of anilines is 1. The third-order valence-corrected chi connectivity index (χ3v) is 7.22. The molecule has 0 bridgehead atoms. The van der Waals surface area contributed by atoms with Gasteiger partial charge in [-0.25, -0.2) is 9.18 Å². The van der Waals surface area contributed by atoms with E-state index in [0.29, 0.717) is 21.8 Å². The second-order valence-electron chi connectivity index (χ2n) is 10.2. The largest absolute Gasteiger partial charge is 0.422 e. The van der Waals surface area contributed by atoms with Gasteiger partial charge in [0.25, 0.3) is 0 Å². The zero-order chi connectivity index (χ0) is 21.3. The minimum Gasteiger partial charge on any atom is -0.422 e. The normalized spacial score (nSPS) is 24.0. The maximum absolute atomic E-state index is 13.9. The Hall–Kier alpha value is -2.62. The van der Waals surface area contributed by atoms with Crippen molar-refractivity contribution >= 4 is 33.0 Å². The number of hydrogen-bond donors (Lipinski definition) is 1. The van der Waals surface area contributed by atoms with Gasteiger partial charge in [-0.3, -0.25) is 0 Å². The van der Waals surface area contributed by atoms with E-state index in [1.807, 2.05) is 12.1 Å². The zero-order valence-electron chi connectivity index (χ0n) is 18.1. The summed E-state index contributed by atoms with van der Waals surface area (Å²) in [5.74, 6) is 0.389. The number of allylic oxidation sites excluding steroid dienone is 1. The van der Waals surface area contributed by atoms with Crippen molar-refractivity contribution in [1.82, 2.24) is 0 Å². The topological polar surface area (TPSA) is 42.2 Å². The molecule has 1 aliphatic heterocycles. The summed E-state index contributed by atoms with van der Waals surface area (Å²) in [7, 11) is 0. The van der Waals surface area contributed by atoms with E-state index in [-0.39, 0.29) is 17.0 Å². The average Bonchev–Trinajstić information content (AvgIpc) is 2.67. The van der Waals surface area contributed by atoms with Crippen LogP contribution >= 0.6 is 0 Å². The Balaban J connectivity index is 1.63. The molecule has 0 amide bonds. The molecule has 1 fully saturated rings. The highest BCUT2D eigenvalue weighted by Gasteiger charge is 2.40. The number of fused-ring (bicyclic) bond motifs is 5. The van der Waals surface area contributed by atoms with E-state index in [1.54, 1.807) is 0 Å². The predicted molar refractivity (Wildman–Crippen MR) is 121 cm³/mol. The maximum atomic E-state index is 13.9. The van der Waals surface area contributed by atoms with Crippen molar-refractivity contribution in [3.63, 3.8) is 0 Å². The Bertz CT molecular complexity index is 1250. The highest BCUT2D eigenvalue weighted by atomic mass is 19.1. The minimum atomic E-state index is -0.372. The standard InChI is InChI=1S/C26H28FNO2/c1-15-14-26(11-9-16(10-12-26)25(2,3)4)28-20-7-6-18-19-13-17(27)5-8-21(19)30-24(29)23(18)22(15)20/h5-8,13-14,16,28H,9-12H2,1-4H3. The van der Waals surface area contributed by atoms with Crippen molar-refractivity contribution < 1.29 is 8.81 Å². The summed E-state index contributed by atoms with van der Waals surface area (Å²) in [5, 5.41) is 5.66. The fourth-order valence-corrected chi connectivity index (χ4v) is 5.56. The summed E-state index contributed by atoms with van der Waals surface area (Å²) in [6, 6.07) is 8.24. The van der Waals surface area contributed by atoms with Gasteiger partial charge in [0, 0.05) is 22.0 Å². The SMILES string of the molecule is CC1=CC2(CCC(C(C)(C)C)CC2)Nc2ccc3c(c21)c(=O)oc1ccc(F)cc13. The summed E-state index contributed by atoms with van der Waals surface area (Å²) in [4.78, 5) is 12.9. The Morgan fingerprint density at radius 3 is 2.53 bits per heavy atom. The molecule has 1 aliphatic carbocycles. The maximum Gasteiger partial charge on any atom is 0.344 e. The number of rotatable bonds is 0. The number of benzene rings is 2. The van der Waals surface area contributed by atoms with Crippen molar-refractivity contribution in [2.45, 2.75) is 58.9 Å². The van der Waals surface area contributed by atoms with E-state index < -0.39 is 0 Å². The third kappa shape index (κ3) is 2.96. The van der Waals surface area contributed by atoms with E-state index in [4.69, 9.17) is 4.42 Å². The van der Waals surface area contributed by atoms with Crippen LogP contribution in [0.5, 0.6) is 0 Å². The van der Waals surface area contributed by atoms with Gasteiger partial charge in [-0.1, -0.05) is 32.9 Å². The molecule has 5 rings (SSSR count). The fourth-order valence-electron chi connectivity index (χ4n) is 5.56. The smallest absolute Gasteiger partial charge is 0.344 e. The monoisotopic (exact) mass is 405 g/mol. The lowest BCUT2D eigenvalue weighted by molar-refractivity contribution is 0.157. The minimum absolute atomic E-state index is 0.0599. The van der Waals surface area contributed by atoms with Gasteiger partial charge in [0.2, 0.25) is 0 Å². The van der Waals surface area contributed by atoms with Crippen molar-refractivity contribution in [3.05, 3.63) is 58.2 Å². The van der Waals surface area contributed by atoms with E-state index >= 15 is 0 Å². The van der Waals surface area contributed by atoms with Gasteiger partial charge in [-0.2, -0.15) is 0 Å². The van der Waals surface area contributed by atoms with Crippen molar-refractivity contribution in [2.24, 2.45) is 11.3 Å². The molecule has 0 radical (unpaired) electrons. The summed E-state index contributed by atoms with van der Waals surface area (Å²) >= 11 is 0. The van der Waals surface area contributed by atoms with Gasteiger partial charge in [0.15, 0.2) is 0 Å². The molecule has 0 unspecified atom stereocenters. The number of hydrogen-bond acceptors (Lipinski definition) is 3. The lowest BCUT2D eigenvalue weighted by Crippen LogP contribution is -2.44. The Morgan fingerprint density at radius 1 is 1.10 bits per heavy atom. The van der Waals surface area contributed by atoms with Gasteiger partial charge in [0.1, 0.15) is 11.4 Å². The van der Waals surface area contributed by atoms with Gasteiger partial charge in [0.05, 0.1) is 10.9 Å². The molecule has 0 atom stereocenters. The molecule has 2 aliphatic rings. The van der Waals surface area contributed by atoms with E-state index in [2.05, 4.69) is 39.1 Å². The van der Waals surface area contributed by atoms with Crippen LogP contribution in [0.2, 0.25) is 0 Å². The predicted octanol–water partition coefficient (Wildman–Crippen LogP) is 6.89. The molecule has 156 valence electrons. The molecule has 1 spiro atoms. The first kappa shape index (κ1) is 19.3. The highest BCUT2D eigenvalue weighted by Crippen LogP contribution is 2.47. The van der Waals surface area contributed by atoms with E-state index in [0.717, 1.165) is 41.0 Å². The first-order valence-electron chi connectivity index (χ1n) is 10.8. The van der Waals surface area contributed by atoms with Crippen molar-refractivity contribution in [3.8, 4) is 0 Å². The first-order valence-corrected chi connectivity index (χ1v) is 10.8. The third-order valence-electron chi connectivity index (χ3n) is 7.22. The molecule has 2 aromatic carbocycles. The molecule has 1 N–H and O–H groups in total. The molecule has 4 heteroatoms. The van der Waals surface area contributed by atoms with E-state index in [9.17, 15) is 9.18 Å². The lowest BCUT2D eigenvalue weighted by atomic mass is 9.66. The highest BCUT2D eigenvalue weighted by molar-refractivity contribution is 6.10. The zero-order valence-corrected chi connectivity index (χ0v) is 18.1. The molecule has 0 saturated heterocycles. The number of nitrogens with one attached hydrogen (secondary N) is 1. The van der Waals surface area contributed by atoms with Gasteiger partial charge in [-0.15, -0.1) is 0 Å². The molecular formula is C26H28FNO2. The molecule has 3 aromatic rings. The molecular weight excluding hydrogens is 377 g/mol.